The Labute approximate surface area is 129 Å². The number of benzene rings is 1. The van der Waals surface area contributed by atoms with Crippen LogP contribution < -0.4 is 5.32 Å². The second-order valence-corrected chi connectivity index (χ2v) is 5.14. The van der Waals surface area contributed by atoms with Crippen molar-refractivity contribution < 1.29 is 14.7 Å². The fraction of sp³-hybridized carbons (Fsp3) is 0.235. The van der Waals surface area contributed by atoms with Crippen LogP contribution in [0.1, 0.15) is 29.3 Å². The number of carbonyl (C=O) groups excluding carboxylic acids is 1. The van der Waals surface area contributed by atoms with Crippen LogP contribution >= 0.6 is 0 Å². The highest BCUT2D eigenvalue weighted by atomic mass is 16.4. The lowest BCUT2D eigenvalue weighted by atomic mass is 10.0. The first-order chi connectivity index (χ1) is 10.6. The van der Waals surface area contributed by atoms with Gasteiger partial charge in [-0.15, -0.1) is 0 Å². The summed E-state index contributed by atoms with van der Waals surface area (Å²) in [5.74, 6) is -1.51. The van der Waals surface area contributed by atoms with Crippen molar-refractivity contribution in [1.82, 2.24) is 4.98 Å². The molecule has 0 aliphatic carbocycles. The van der Waals surface area contributed by atoms with Crippen LogP contribution in [0.4, 0.5) is 5.69 Å². The highest BCUT2D eigenvalue weighted by Gasteiger charge is 2.17. The number of pyridine rings is 1. The minimum atomic E-state index is -1.09. The third-order valence-electron chi connectivity index (χ3n) is 3.47. The second kappa shape index (κ2) is 7.36. The topological polar surface area (TPSA) is 79.3 Å². The molecule has 1 aromatic carbocycles. The van der Waals surface area contributed by atoms with Crippen LogP contribution in [0.3, 0.4) is 0 Å². The largest absolute Gasteiger partial charge is 0.478 e. The summed E-state index contributed by atoms with van der Waals surface area (Å²) in [6.45, 7) is 1.83. The zero-order chi connectivity index (χ0) is 15.9. The molecule has 1 aromatic heterocycles. The lowest BCUT2D eigenvalue weighted by Gasteiger charge is -2.13. The number of carboxylic acids is 1. The number of hydrogen-bond donors (Lipinski definition) is 2. The number of aromatic nitrogens is 1. The molecule has 1 unspecified atom stereocenters. The van der Waals surface area contributed by atoms with Crippen LogP contribution in [-0.4, -0.2) is 22.0 Å². The SMILES string of the molecule is CC(CCc1ccccc1)C(=O)Nc1cnccc1C(=O)O. The Hall–Kier alpha value is -2.69. The van der Waals surface area contributed by atoms with E-state index < -0.39 is 5.97 Å². The van der Waals surface area contributed by atoms with Crippen molar-refractivity contribution in [2.75, 3.05) is 5.32 Å². The van der Waals surface area contributed by atoms with Crippen LogP contribution in [0.25, 0.3) is 0 Å². The van der Waals surface area contributed by atoms with Gasteiger partial charge in [-0.1, -0.05) is 37.3 Å². The molecule has 5 heteroatoms. The van der Waals surface area contributed by atoms with Crippen molar-refractivity contribution in [3.8, 4) is 0 Å². The predicted molar refractivity (Wildman–Crippen MR) is 83.8 cm³/mol. The van der Waals surface area contributed by atoms with Gasteiger partial charge < -0.3 is 10.4 Å². The van der Waals surface area contributed by atoms with Gasteiger partial charge in [-0.25, -0.2) is 4.79 Å². The summed E-state index contributed by atoms with van der Waals surface area (Å²) >= 11 is 0. The quantitative estimate of drug-likeness (QED) is 0.859. The number of aromatic carboxylic acids is 1. The average Bonchev–Trinajstić information content (AvgIpc) is 2.53. The van der Waals surface area contributed by atoms with Crippen molar-refractivity contribution >= 4 is 17.6 Å². The molecule has 1 heterocycles. The molecule has 0 aliphatic rings. The number of anilines is 1. The zero-order valence-corrected chi connectivity index (χ0v) is 12.3. The number of hydrogen-bond acceptors (Lipinski definition) is 3. The minimum Gasteiger partial charge on any atom is -0.478 e. The molecule has 5 nitrogen and oxygen atoms in total. The second-order valence-electron chi connectivity index (χ2n) is 5.14. The maximum Gasteiger partial charge on any atom is 0.337 e. The van der Waals surface area contributed by atoms with Crippen molar-refractivity contribution in [2.24, 2.45) is 5.92 Å². The predicted octanol–water partition coefficient (Wildman–Crippen LogP) is 2.99. The monoisotopic (exact) mass is 298 g/mol. The van der Waals surface area contributed by atoms with E-state index in [2.05, 4.69) is 10.3 Å². The molecule has 0 saturated carbocycles. The summed E-state index contributed by atoms with van der Waals surface area (Å²) in [5.41, 5.74) is 1.44. The number of carboxylic acid groups (broad SMARTS) is 1. The summed E-state index contributed by atoms with van der Waals surface area (Å²) in [7, 11) is 0. The van der Waals surface area contributed by atoms with Crippen molar-refractivity contribution in [2.45, 2.75) is 19.8 Å². The number of rotatable bonds is 6. The summed E-state index contributed by atoms with van der Waals surface area (Å²) in [6, 6.07) is 11.3. The van der Waals surface area contributed by atoms with Gasteiger partial charge in [0.2, 0.25) is 5.91 Å². The molecule has 1 amide bonds. The Balaban J connectivity index is 1.96. The summed E-state index contributed by atoms with van der Waals surface area (Å²) in [5, 5.41) is 11.7. The van der Waals surface area contributed by atoms with Crippen LogP contribution in [0.15, 0.2) is 48.8 Å². The van der Waals surface area contributed by atoms with Gasteiger partial charge in [-0.2, -0.15) is 0 Å². The molecule has 0 spiro atoms. The summed E-state index contributed by atoms with van der Waals surface area (Å²) < 4.78 is 0. The molecular weight excluding hydrogens is 280 g/mol. The third kappa shape index (κ3) is 4.15. The van der Waals surface area contributed by atoms with Crippen LogP contribution in [-0.2, 0) is 11.2 Å². The molecule has 0 saturated heterocycles. The van der Waals surface area contributed by atoms with E-state index >= 15 is 0 Å². The Morgan fingerprint density at radius 2 is 1.95 bits per heavy atom. The highest BCUT2D eigenvalue weighted by Crippen LogP contribution is 2.16. The van der Waals surface area contributed by atoms with E-state index in [1.54, 1.807) is 0 Å². The Morgan fingerprint density at radius 1 is 1.23 bits per heavy atom. The van der Waals surface area contributed by atoms with Gasteiger partial charge in [0.15, 0.2) is 0 Å². The van der Waals surface area contributed by atoms with Gasteiger partial charge in [0.25, 0.3) is 0 Å². The molecular formula is C17H18N2O3. The van der Waals surface area contributed by atoms with E-state index in [9.17, 15) is 9.59 Å². The van der Waals surface area contributed by atoms with E-state index in [0.29, 0.717) is 6.42 Å². The smallest absolute Gasteiger partial charge is 0.337 e. The van der Waals surface area contributed by atoms with E-state index in [-0.39, 0.29) is 23.1 Å². The minimum absolute atomic E-state index is 0.0404. The number of aryl methyl sites for hydroxylation is 1. The van der Waals surface area contributed by atoms with Crippen molar-refractivity contribution in [1.29, 1.82) is 0 Å². The Morgan fingerprint density at radius 3 is 2.64 bits per heavy atom. The lowest BCUT2D eigenvalue weighted by Crippen LogP contribution is -2.22. The van der Waals surface area contributed by atoms with Gasteiger partial charge >= 0.3 is 5.97 Å². The van der Waals surface area contributed by atoms with E-state index in [1.807, 2.05) is 37.3 Å². The standard InChI is InChI=1S/C17H18N2O3/c1-12(7-8-13-5-3-2-4-6-13)16(20)19-15-11-18-10-9-14(15)17(21)22/h2-6,9-12H,7-8H2,1H3,(H,19,20)(H,21,22). The molecule has 0 fully saturated rings. The average molecular weight is 298 g/mol. The molecule has 114 valence electrons. The number of amides is 1. The van der Waals surface area contributed by atoms with Gasteiger partial charge in [-0.05, 0) is 24.5 Å². The van der Waals surface area contributed by atoms with E-state index in [0.717, 1.165) is 6.42 Å². The first kappa shape index (κ1) is 15.7. The molecule has 2 N–H and O–H groups in total. The first-order valence-electron chi connectivity index (χ1n) is 7.10. The Bertz CT molecular complexity index is 656. The van der Waals surface area contributed by atoms with Gasteiger partial charge in [0.1, 0.15) is 0 Å². The maximum absolute atomic E-state index is 12.2. The van der Waals surface area contributed by atoms with Crippen molar-refractivity contribution in [3.05, 3.63) is 59.9 Å². The van der Waals surface area contributed by atoms with E-state index in [4.69, 9.17) is 5.11 Å². The van der Waals surface area contributed by atoms with E-state index in [1.165, 1.54) is 24.0 Å². The molecule has 1 atom stereocenters. The lowest BCUT2D eigenvalue weighted by molar-refractivity contribution is -0.119. The number of carbonyl (C=O) groups is 2. The Kier molecular flexibility index (Phi) is 5.25. The summed E-state index contributed by atoms with van der Waals surface area (Å²) in [4.78, 5) is 27.1. The van der Waals surface area contributed by atoms with Crippen LogP contribution in [0.2, 0.25) is 0 Å². The molecule has 2 rings (SSSR count). The normalized spacial score (nSPS) is 11.7. The van der Waals surface area contributed by atoms with Gasteiger partial charge in [-0.3, -0.25) is 9.78 Å². The molecule has 0 aliphatic heterocycles. The number of nitrogens with zero attached hydrogens (tertiary/aromatic N) is 1. The summed E-state index contributed by atoms with van der Waals surface area (Å²) in [6.07, 6.45) is 4.23. The fourth-order valence-corrected chi connectivity index (χ4v) is 2.10. The number of nitrogens with one attached hydrogen (secondary N) is 1. The van der Waals surface area contributed by atoms with Crippen molar-refractivity contribution in [3.63, 3.8) is 0 Å². The molecule has 22 heavy (non-hydrogen) atoms. The maximum atomic E-state index is 12.2. The third-order valence-corrected chi connectivity index (χ3v) is 3.47. The first-order valence-corrected chi connectivity index (χ1v) is 7.10. The highest BCUT2D eigenvalue weighted by molar-refractivity contribution is 6.00. The fourth-order valence-electron chi connectivity index (χ4n) is 2.10. The van der Waals surface area contributed by atoms with Crippen LogP contribution in [0.5, 0.6) is 0 Å². The molecule has 0 radical (unpaired) electrons. The van der Waals surface area contributed by atoms with Crippen LogP contribution in [0, 0.1) is 5.92 Å². The zero-order valence-electron chi connectivity index (χ0n) is 12.3. The van der Waals surface area contributed by atoms with Gasteiger partial charge in [0, 0.05) is 12.1 Å². The van der Waals surface area contributed by atoms with Gasteiger partial charge in [0.05, 0.1) is 17.4 Å². The molecule has 0 bridgehead atoms. The molecule has 2 aromatic rings.